The lowest BCUT2D eigenvalue weighted by Crippen LogP contribution is -2.09. The molecule has 106 valence electrons. The Morgan fingerprint density at radius 3 is 3.15 bits per heavy atom. The summed E-state index contributed by atoms with van der Waals surface area (Å²) in [6, 6.07) is 6.07. The lowest BCUT2D eigenvalue weighted by atomic mass is 9.89. The first-order valence-electron chi connectivity index (χ1n) is 7.13. The first-order valence-corrected chi connectivity index (χ1v) is 7.13. The van der Waals surface area contributed by atoms with Crippen molar-refractivity contribution in [3.8, 4) is 5.75 Å². The van der Waals surface area contributed by atoms with Crippen molar-refractivity contribution in [1.29, 1.82) is 0 Å². The molecule has 1 heterocycles. The second-order valence-corrected chi connectivity index (χ2v) is 5.39. The van der Waals surface area contributed by atoms with E-state index in [1.165, 1.54) is 11.1 Å². The number of aliphatic hydroxyl groups is 1. The molecule has 0 radical (unpaired) electrons. The molecule has 4 nitrogen and oxygen atoms in total. The number of aromatic nitrogens is 2. The van der Waals surface area contributed by atoms with Crippen LogP contribution < -0.4 is 4.74 Å². The average molecular weight is 272 g/mol. The van der Waals surface area contributed by atoms with Crippen molar-refractivity contribution in [2.24, 2.45) is 7.05 Å². The second-order valence-electron chi connectivity index (χ2n) is 5.39. The van der Waals surface area contributed by atoms with Gasteiger partial charge in [0.1, 0.15) is 5.75 Å². The first-order chi connectivity index (χ1) is 9.72. The minimum absolute atomic E-state index is 0.333. The summed E-state index contributed by atoms with van der Waals surface area (Å²) in [6.07, 6.45) is 7.35. The largest absolute Gasteiger partial charge is 0.493 e. The van der Waals surface area contributed by atoms with Gasteiger partial charge in [-0.05, 0) is 48.1 Å². The van der Waals surface area contributed by atoms with Crippen molar-refractivity contribution < 1.29 is 9.84 Å². The molecule has 1 N–H and O–H groups in total. The fraction of sp³-hybridized carbons (Fsp3) is 0.438. The second kappa shape index (κ2) is 5.67. The smallest absolute Gasteiger partial charge is 0.119 e. The van der Waals surface area contributed by atoms with E-state index in [1.807, 2.05) is 31.6 Å². The van der Waals surface area contributed by atoms with E-state index in [0.717, 1.165) is 37.0 Å². The Balaban J connectivity index is 1.62. The quantitative estimate of drug-likeness (QED) is 0.929. The van der Waals surface area contributed by atoms with Gasteiger partial charge < -0.3 is 9.84 Å². The molecule has 1 aliphatic carbocycles. The average Bonchev–Trinajstić information content (AvgIpc) is 2.85. The zero-order valence-corrected chi connectivity index (χ0v) is 11.7. The third kappa shape index (κ3) is 2.85. The van der Waals surface area contributed by atoms with Gasteiger partial charge in [-0.1, -0.05) is 6.07 Å². The molecule has 20 heavy (non-hydrogen) atoms. The monoisotopic (exact) mass is 272 g/mol. The molecule has 0 spiro atoms. The number of aliphatic hydroxyl groups excluding tert-OH is 1. The highest BCUT2D eigenvalue weighted by Crippen LogP contribution is 2.32. The Morgan fingerprint density at radius 1 is 1.45 bits per heavy atom. The Labute approximate surface area is 119 Å². The van der Waals surface area contributed by atoms with E-state index in [-0.39, 0.29) is 6.10 Å². The van der Waals surface area contributed by atoms with Crippen molar-refractivity contribution >= 4 is 0 Å². The van der Waals surface area contributed by atoms with Crippen LogP contribution in [-0.2, 0) is 19.9 Å². The lowest BCUT2D eigenvalue weighted by Gasteiger charge is -2.21. The molecule has 3 rings (SSSR count). The highest BCUT2D eigenvalue weighted by molar-refractivity contribution is 5.38. The van der Waals surface area contributed by atoms with Gasteiger partial charge in [-0.2, -0.15) is 5.10 Å². The molecular weight excluding hydrogens is 252 g/mol. The highest BCUT2D eigenvalue weighted by Gasteiger charge is 2.18. The molecule has 4 heteroatoms. The van der Waals surface area contributed by atoms with Crippen LogP contribution in [0, 0.1) is 0 Å². The number of benzene rings is 1. The van der Waals surface area contributed by atoms with Gasteiger partial charge in [0.25, 0.3) is 0 Å². The molecule has 1 aliphatic rings. The number of aryl methyl sites for hydroxylation is 2. The van der Waals surface area contributed by atoms with Gasteiger partial charge in [0.2, 0.25) is 0 Å². The third-order valence-electron chi connectivity index (χ3n) is 3.82. The van der Waals surface area contributed by atoms with Gasteiger partial charge in [-0.25, -0.2) is 0 Å². The van der Waals surface area contributed by atoms with Gasteiger partial charge in [0.15, 0.2) is 0 Å². The zero-order valence-electron chi connectivity index (χ0n) is 11.7. The molecule has 0 saturated carbocycles. The zero-order chi connectivity index (χ0) is 13.9. The number of hydrogen-bond donors (Lipinski definition) is 1. The Bertz CT molecular complexity index is 592. The molecule has 0 saturated heterocycles. The lowest BCUT2D eigenvalue weighted by molar-refractivity contribution is 0.156. The van der Waals surface area contributed by atoms with E-state index in [4.69, 9.17) is 4.74 Å². The molecule has 0 amide bonds. The summed E-state index contributed by atoms with van der Waals surface area (Å²) in [5.74, 6) is 0.841. The number of ether oxygens (including phenoxy) is 1. The summed E-state index contributed by atoms with van der Waals surface area (Å²) in [4.78, 5) is 0. The SMILES string of the molecule is Cn1cc(CCOc2ccc3c(c2)[C@@H](O)CCC3)cn1. The predicted octanol–water partition coefficient (Wildman–Crippen LogP) is 2.41. The minimum atomic E-state index is -0.333. The van der Waals surface area contributed by atoms with E-state index < -0.39 is 0 Å². The molecular formula is C16H20N2O2. The van der Waals surface area contributed by atoms with Crippen molar-refractivity contribution in [3.63, 3.8) is 0 Å². The van der Waals surface area contributed by atoms with Gasteiger partial charge in [-0.3, -0.25) is 4.68 Å². The standard InChI is InChI=1S/C16H20N2O2/c1-18-11-12(10-17-18)7-8-20-14-6-5-13-3-2-4-16(19)15(13)9-14/h5-6,9-11,16,19H,2-4,7-8H2,1H3/t16-/m0/s1. The van der Waals surface area contributed by atoms with Crippen molar-refractivity contribution in [2.75, 3.05) is 6.61 Å². The number of fused-ring (bicyclic) bond motifs is 1. The Kier molecular flexibility index (Phi) is 3.74. The van der Waals surface area contributed by atoms with E-state index in [2.05, 4.69) is 11.2 Å². The first kappa shape index (κ1) is 13.2. The van der Waals surface area contributed by atoms with Crippen LogP contribution in [0.3, 0.4) is 0 Å². The topological polar surface area (TPSA) is 47.3 Å². The van der Waals surface area contributed by atoms with Crippen LogP contribution in [0.25, 0.3) is 0 Å². The molecule has 1 aromatic heterocycles. The van der Waals surface area contributed by atoms with Crippen molar-refractivity contribution in [1.82, 2.24) is 9.78 Å². The molecule has 0 aliphatic heterocycles. The molecule has 0 bridgehead atoms. The maximum atomic E-state index is 10.0. The summed E-state index contributed by atoms with van der Waals surface area (Å²) >= 11 is 0. The number of nitrogens with zero attached hydrogens (tertiary/aromatic N) is 2. The molecule has 0 unspecified atom stereocenters. The van der Waals surface area contributed by atoms with Crippen molar-refractivity contribution in [2.45, 2.75) is 31.8 Å². The maximum Gasteiger partial charge on any atom is 0.119 e. The third-order valence-corrected chi connectivity index (χ3v) is 3.82. The van der Waals surface area contributed by atoms with Gasteiger partial charge >= 0.3 is 0 Å². The van der Waals surface area contributed by atoms with Crippen LogP contribution in [0.4, 0.5) is 0 Å². The van der Waals surface area contributed by atoms with E-state index in [0.29, 0.717) is 6.61 Å². The number of hydrogen-bond acceptors (Lipinski definition) is 3. The number of rotatable bonds is 4. The van der Waals surface area contributed by atoms with E-state index in [9.17, 15) is 5.11 Å². The van der Waals surface area contributed by atoms with Crippen LogP contribution in [0.2, 0.25) is 0 Å². The van der Waals surface area contributed by atoms with Gasteiger partial charge in [0, 0.05) is 19.7 Å². The molecule has 0 fully saturated rings. The highest BCUT2D eigenvalue weighted by atomic mass is 16.5. The summed E-state index contributed by atoms with van der Waals surface area (Å²) in [6.45, 7) is 0.626. The molecule has 2 aromatic rings. The maximum absolute atomic E-state index is 10.0. The van der Waals surface area contributed by atoms with Crippen molar-refractivity contribution in [3.05, 3.63) is 47.3 Å². The Morgan fingerprint density at radius 2 is 2.35 bits per heavy atom. The van der Waals surface area contributed by atoms with Crippen LogP contribution in [0.5, 0.6) is 5.75 Å². The predicted molar refractivity (Wildman–Crippen MR) is 76.7 cm³/mol. The minimum Gasteiger partial charge on any atom is -0.493 e. The van der Waals surface area contributed by atoms with Gasteiger partial charge in [0.05, 0.1) is 18.9 Å². The van der Waals surface area contributed by atoms with Gasteiger partial charge in [-0.15, -0.1) is 0 Å². The molecule has 1 aromatic carbocycles. The summed E-state index contributed by atoms with van der Waals surface area (Å²) in [7, 11) is 1.91. The summed E-state index contributed by atoms with van der Waals surface area (Å²) in [5, 5.41) is 14.2. The van der Waals surface area contributed by atoms with E-state index in [1.54, 1.807) is 4.68 Å². The Hall–Kier alpha value is -1.81. The normalized spacial score (nSPS) is 17.8. The van der Waals surface area contributed by atoms with Crippen LogP contribution >= 0.6 is 0 Å². The van der Waals surface area contributed by atoms with Crippen LogP contribution in [0.15, 0.2) is 30.6 Å². The van der Waals surface area contributed by atoms with E-state index >= 15 is 0 Å². The van der Waals surface area contributed by atoms with Crippen LogP contribution in [0.1, 0.15) is 35.6 Å². The summed E-state index contributed by atoms with van der Waals surface area (Å²) < 4.78 is 7.58. The fourth-order valence-electron chi connectivity index (χ4n) is 2.73. The molecule has 1 atom stereocenters. The summed E-state index contributed by atoms with van der Waals surface area (Å²) in [5.41, 5.74) is 3.46. The van der Waals surface area contributed by atoms with Crippen LogP contribution in [-0.4, -0.2) is 21.5 Å². The fourth-order valence-corrected chi connectivity index (χ4v) is 2.73.